The molecule has 2 aromatic carbocycles. The van der Waals surface area contributed by atoms with E-state index in [4.69, 9.17) is 10.00 Å². The van der Waals surface area contributed by atoms with Gasteiger partial charge in [0.25, 0.3) is 0 Å². The predicted octanol–water partition coefficient (Wildman–Crippen LogP) is 5.25. The van der Waals surface area contributed by atoms with Crippen LogP contribution in [0.15, 0.2) is 53.7 Å². The average molecular weight is 496 g/mol. The van der Waals surface area contributed by atoms with E-state index >= 15 is 0 Å². The molecule has 3 aromatic rings. The lowest BCUT2D eigenvalue weighted by Gasteiger charge is -2.21. The smallest absolute Gasteiger partial charge is 0.237 e. The number of rotatable bonds is 12. The minimum Gasteiger partial charge on any atom is -0.486 e. The highest BCUT2D eigenvalue weighted by Crippen LogP contribution is 2.23. The van der Waals surface area contributed by atoms with Crippen LogP contribution in [0.3, 0.4) is 0 Å². The van der Waals surface area contributed by atoms with Crippen molar-refractivity contribution in [3.63, 3.8) is 0 Å². The fourth-order valence-electron chi connectivity index (χ4n) is 3.44. The van der Waals surface area contributed by atoms with Crippen molar-refractivity contribution in [3.05, 3.63) is 65.7 Å². The highest BCUT2D eigenvalue weighted by Gasteiger charge is 2.20. The van der Waals surface area contributed by atoms with Crippen LogP contribution in [0.2, 0.25) is 0 Å². The molecule has 1 amide bonds. The molecule has 0 N–H and O–H groups in total. The lowest BCUT2D eigenvalue weighted by atomic mass is 10.2. The molecule has 9 heteroatoms. The molecular weight excluding hydrogens is 465 g/mol. The third-order valence-electron chi connectivity index (χ3n) is 5.25. The predicted molar refractivity (Wildman–Crippen MR) is 135 cm³/mol. The van der Waals surface area contributed by atoms with Gasteiger partial charge in [-0.25, -0.2) is 4.39 Å². The normalized spacial score (nSPS) is 10.9. The van der Waals surface area contributed by atoms with E-state index in [2.05, 4.69) is 37.0 Å². The highest BCUT2D eigenvalue weighted by atomic mass is 32.2. The first kappa shape index (κ1) is 26.2. The van der Waals surface area contributed by atoms with Crippen molar-refractivity contribution in [3.8, 4) is 11.8 Å². The summed E-state index contributed by atoms with van der Waals surface area (Å²) in [5, 5.41) is 18.2. The Morgan fingerprint density at radius 2 is 1.89 bits per heavy atom. The van der Waals surface area contributed by atoms with Crippen LogP contribution in [0.1, 0.15) is 38.6 Å². The first-order chi connectivity index (χ1) is 16.9. The van der Waals surface area contributed by atoms with Crippen molar-refractivity contribution in [1.29, 1.82) is 5.26 Å². The summed E-state index contributed by atoms with van der Waals surface area (Å²) >= 11 is 1.29. The van der Waals surface area contributed by atoms with E-state index in [1.54, 1.807) is 12.1 Å². The maximum Gasteiger partial charge on any atom is 0.237 e. The third-order valence-corrected chi connectivity index (χ3v) is 6.20. The molecule has 0 radical (unpaired) electrons. The van der Waals surface area contributed by atoms with Gasteiger partial charge >= 0.3 is 0 Å². The Morgan fingerprint density at radius 1 is 1.17 bits per heavy atom. The van der Waals surface area contributed by atoms with Gasteiger partial charge in [0.2, 0.25) is 5.91 Å². The summed E-state index contributed by atoms with van der Waals surface area (Å²) in [5.41, 5.74) is 1.80. The molecule has 0 saturated heterocycles. The Labute approximate surface area is 209 Å². The summed E-state index contributed by atoms with van der Waals surface area (Å²) in [4.78, 5) is 14.5. The van der Waals surface area contributed by atoms with E-state index in [0.29, 0.717) is 29.1 Å². The van der Waals surface area contributed by atoms with Crippen molar-refractivity contribution in [2.75, 3.05) is 17.2 Å². The second kappa shape index (κ2) is 12.9. The van der Waals surface area contributed by atoms with Gasteiger partial charge in [-0.05, 0) is 54.3 Å². The second-order valence-electron chi connectivity index (χ2n) is 8.41. The topological polar surface area (TPSA) is 84.0 Å². The number of hydrogen-bond acceptors (Lipinski definition) is 6. The number of halogens is 1. The molecule has 0 aliphatic heterocycles. The van der Waals surface area contributed by atoms with Crippen LogP contribution in [-0.4, -0.2) is 33.0 Å². The molecule has 0 aliphatic rings. The number of hydrogen-bond donors (Lipinski definition) is 0. The molecule has 35 heavy (non-hydrogen) atoms. The number of aromatic nitrogens is 3. The Kier molecular flexibility index (Phi) is 9.67. The SMILES string of the molecule is CCc1ccc(OCc2nnc(SCC(=O)N(CCC#N)c3ccc(F)cc3)n2CC(C)C)cc1. The van der Waals surface area contributed by atoms with Crippen LogP contribution in [0, 0.1) is 23.1 Å². The molecule has 0 bridgehead atoms. The number of benzene rings is 2. The van der Waals surface area contributed by atoms with Crippen LogP contribution in [0.25, 0.3) is 0 Å². The third kappa shape index (κ3) is 7.55. The van der Waals surface area contributed by atoms with Crippen molar-refractivity contribution in [1.82, 2.24) is 14.8 Å². The number of ether oxygens (including phenoxy) is 1. The molecule has 7 nitrogen and oxygen atoms in total. The first-order valence-corrected chi connectivity index (χ1v) is 12.6. The minimum atomic E-state index is -0.381. The number of amides is 1. The van der Waals surface area contributed by atoms with E-state index in [9.17, 15) is 9.18 Å². The van der Waals surface area contributed by atoms with Gasteiger partial charge in [-0.3, -0.25) is 4.79 Å². The van der Waals surface area contributed by atoms with Crippen LogP contribution >= 0.6 is 11.8 Å². The summed E-state index contributed by atoms with van der Waals surface area (Å²) in [5.74, 6) is 1.33. The number of nitrogens with zero attached hydrogens (tertiary/aromatic N) is 5. The molecule has 184 valence electrons. The first-order valence-electron chi connectivity index (χ1n) is 11.6. The van der Waals surface area contributed by atoms with Crippen molar-refractivity contribution in [2.24, 2.45) is 5.92 Å². The number of nitriles is 1. The molecule has 0 atom stereocenters. The van der Waals surface area contributed by atoms with E-state index in [1.807, 2.05) is 28.8 Å². The van der Waals surface area contributed by atoms with E-state index in [1.165, 1.54) is 34.4 Å². The molecule has 0 saturated carbocycles. The van der Waals surface area contributed by atoms with Gasteiger partial charge in [0, 0.05) is 18.8 Å². The van der Waals surface area contributed by atoms with Gasteiger partial charge in [-0.15, -0.1) is 10.2 Å². The van der Waals surface area contributed by atoms with Crippen LogP contribution in [0.5, 0.6) is 5.75 Å². The molecule has 0 unspecified atom stereocenters. The number of thioether (sulfide) groups is 1. The summed E-state index contributed by atoms with van der Waals surface area (Å²) in [6.45, 7) is 7.50. The summed E-state index contributed by atoms with van der Waals surface area (Å²) in [6.07, 6.45) is 1.15. The molecule has 0 spiro atoms. The zero-order chi connectivity index (χ0) is 25.2. The van der Waals surface area contributed by atoms with E-state index < -0.39 is 0 Å². The number of aryl methyl sites for hydroxylation is 1. The quantitative estimate of drug-likeness (QED) is 0.319. The summed E-state index contributed by atoms with van der Waals surface area (Å²) in [7, 11) is 0. The number of carbonyl (C=O) groups excluding carboxylic acids is 1. The minimum absolute atomic E-state index is 0.109. The fraction of sp³-hybridized carbons (Fsp3) is 0.385. The van der Waals surface area contributed by atoms with Gasteiger partial charge in [-0.1, -0.05) is 44.7 Å². The van der Waals surface area contributed by atoms with Crippen LogP contribution in [0.4, 0.5) is 10.1 Å². The fourth-order valence-corrected chi connectivity index (χ4v) is 4.28. The molecule has 0 aliphatic carbocycles. The highest BCUT2D eigenvalue weighted by molar-refractivity contribution is 7.99. The lowest BCUT2D eigenvalue weighted by Crippen LogP contribution is -2.33. The Hall–Kier alpha value is -3.38. The molecular formula is C26H30FN5O2S. The zero-order valence-electron chi connectivity index (χ0n) is 20.3. The Morgan fingerprint density at radius 3 is 2.51 bits per heavy atom. The summed E-state index contributed by atoms with van der Waals surface area (Å²) in [6, 6.07) is 15.7. The maximum atomic E-state index is 13.3. The van der Waals surface area contributed by atoms with Gasteiger partial charge < -0.3 is 14.2 Å². The standard InChI is InChI=1S/C26H30FN5O2S/c1-4-20-6-12-23(13-7-20)34-17-24-29-30-26(32(24)16-19(2)3)35-18-25(33)31(15-5-14-28)22-10-8-21(27)9-11-22/h6-13,19H,4-5,15-18H2,1-3H3. The van der Waals surface area contributed by atoms with E-state index in [-0.39, 0.29) is 37.0 Å². The van der Waals surface area contributed by atoms with Gasteiger partial charge in [-0.2, -0.15) is 5.26 Å². The molecule has 1 heterocycles. The average Bonchev–Trinajstić information content (AvgIpc) is 3.23. The van der Waals surface area contributed by atoms with Crippen molar-refractivity contribution >= 4 is 23.4 Å². The van der Waals surface area contributed by atoms with Crippen LogP contribution in [-0.2, 0) is 24.4 Å². The molecule has 0 fully saturated rings. The van der Waals surface area contributed by atoms with Gasteiger partial charge in [0.15, 0.2) is 11.0 Å². The monoisotopic (exact) mass is 495 g/mol. The van der Waals surface area contributed by atoms with Gasteiger partial charge in [0.1, 0.15) is 18.2 Å². The Balaban J connectivity index is 1.70. The number of anilines is 1. The largest absolute Gasteiger partial charge is 0.486 e. The van der Waals surface area contributed by atoms with Crippen molar-refractivity contribution in [2.45, 2.75) is 51.9 Å². The zero-order valence-corrected chi connectivity index (χ0v) is 21.1. The molecule has 1 aromatic heterocycles. The lowest BCUT2D eigenvalue weighted by molar-refractivity contribution is -0.116. The summed E-state index contributed by atoms with van der Waals surface area (Å²) < 4.78 is 21.3. The molecule has 3 rings (SSSR count). The van der Waals surface area contributed by atoms with Crippen molar-refractivity contribution < 1.29 is 13.9 Å². The van der Waals surface area contributed by atoms with Gasteiger partial charge in [0.05, 0.1) is 18.2 Å². The maximum absolute atomic E-state index is 13.3. The van der Waals surface area contributed by atoms with E-state index in [0.717, 1.165) is 12.2 Å². The Bertz CT molecular complexity index is 1140. The van der Waals surface area contributed by atoms with Crippen LogP contribution < -0.4 is 9.64 Å². The number of carbonyl (C=O) groups is 1. The second-order valence-corrected chi connectivity index (χ2v) is 9.35.